The Hall–Kier alpha value is -2.95. The van der Waals surface area contributed by atoms with E-state index in [-0.39, 0.29) is 24.7 Å². The Morgan fingerprint density at radius 1 is 1.11 bits per heavy atom. The number of hydrogen-bond acceptors (Lipinski definition) is 4. The molecule has 1 heterocycles. The first-order chi connectivity index (χ1) is 12.9. The Bertz CT molecular complexity index is 875. The van der Waals surface area contributed by atoms with E-state index in [1.54, 1.807) is 36.1 Å². The molecule has 27 heavy (non-hydrogen) atoms. The Kier molecular flexibility index (Phi) is 5.40. The zero-order valence-electron chi connectivity index (χ0n) is 15.8. The molecule has 1 saturated heterocycles. The van der Waals surface area contributed by atoms with E-state index < -0.39 is 18.0 Å². The normalized spacial score (nSPS) is 17.7. The van der Waals surface area contributed by atoms with E-state index in [0.717, 1.165) is 16.8 Å². The summed E-state index contributed by atoms with van der Waals surface area (Å²) < 4.78 is 5.37. The van der Waals surface area contributed by atoms with Crippen molar-refractivity contribution in [3.05, 3.63) is 65.2 Å². The molecule has 1 aliphatic rings. The van der Waals surface area contributed by atoms with Gasteiger partial charge < -0.3 is 9.64 Å². The second kappa shape index (κ2) is 7.74. The summed E-state index contributed by atoms with van der Waals surface area (Å²) in [5, 5.41) is 0. The van der Waals surface area contributed by atoms with Gasteiger partial charge in [0.05, 0.1) is 5.92 Å². The zero-order valence-corrected chi connectivity index (χ0v) is 15.8. The van der Waals surface area contributed by atoms with Gasteiger partial charge in [0, 0.05) is 24.2 Å². The number of anilines is 1. The van der Waals surface area contributed by atoms with E-state index in [0.29, 0.717) is 5.56 Å². The van der Waals surface area contributed by atoms with E-state index >= 15 is 0 Å². The van der Waals surface area contributed by atoms with Crippen molar-refractivity contribution in [1.82, 2.24) is 0 Å². The van der Waals surface area contributed by atoms with Crippen molar-refractivity contribution in [2.45, 2.75) is 33.3 Å². The highest BCUT2D eigenvalue weighted by atomic mass is 16.5. The molecule has 2 aromatic carbocycles. The Morgan fingerprint density at radius 2 is 1.81 bits per heavy atom. The van der Waals surface area contributed by atoms with E-state index in [9.17, 15) is 14.4 Å². The maximum absolute atomic E-state index is 12.5. The second-order valence-electron chi connectivity index (χ2n) is 7.00. The van der Waals surface area contributed by atoms with Crippen LogP contribution >= 0.6 is 0 Å². The van der Waals surface area contributed by atoms with Gasteiger partial charge in [-0.2, -0.15) is 0 Å². The number of aryl methyl sites for hydroxylation is 2. The van der Waals surface area contributed by atoms with Crippen molar-refractivity contribution in [2.24, 2.45) is 5.92 Å². The molecule has 140 valence electrons. The van der Waals surface area contributed by atoms with Crippen molar-refractivity contribution >= 4 is 23.3 Å². The molecule has 5 nitrogen and oxygen atoms in total. The van der Waals surface area contributed by atoms with Crippen LogP contribution in [0, 0.1) is 19.8 Å². The number of amides is 1. The van der Waals surface area contributed by atoms with Gasteiger partial charge >= 0.3 is 5.97 Å². The fourth-order valence-corrected chi connectivity index (χ4v) is 3.37. The highest BCUT2D eigenvalue weighted by molar-refractivity contribution is 6.02. The van der Waals surface area contributed by atoms with Crippen LogP contribution in [0.5, 0.6) is 0 Å². The Labute approximate surface area is 158 Å². The van der Waals surface area contributed by atoms with Crippen LogP contribution in [-0.2, 0) is 14.3 Å². The van der Waals surface area contributed by atoms with Crippen molar-refractivity contribution in [1.29, 1.82) is 0 Å². The molecule has 0 spiro atoms. The van der Waals surface area contributed by atoms with Crippen molar-refractivity contribution < 1.29 is 19.1 Å². The summed E-state index contributed by atoms with van der Waals surface area (Å²) in [4.78, 5) is 38.9. The van der Waals surface area contributed by atoms with E-state index in [1.165, 1.54) is 0 Å². The first kappa shape index (κ1) is 18.8. The van der Waals surface area contributed by atoms with Gasteiger partial charge in [0.15, 0.2) is 6.10 Å². The molecule has 2 aromatic rings. The van der Waals surface area contributed by atoms with Crippen molar-refractivity contribution in [2.75, 3.05) is 11.4 Å². The van der Waals surface area contributed by atoms with Gasteiger partial charge in [-0.1, -0.05) is 48.0 Å². The average Bonchev–Trinajstić information content (AvgIpc) is 3.03. The molecule has 0 aromatic heterocycles. The topological polar surface area (TPSA) is 63.7 Å². The molecular formula is C22H23NO4. The van der Waals surface area contributed by atoms with Crippen LogP contribution in [0.3, 0.4) is 0 Å². The average molecular weight is 365 g/mol. The Balaban J connectivity index is 1.66. The quantitative estimate of drug-likeness (QED) is 0.601. The van der Waals surface area contributed by atoms with Gasteiger partial charge in [-0.05, 0) is 32.4 Å². The number of ether oxygens (including phenoxy) is 1. The Morgan fingerprint density at radius 3 is 2.48 bits per heavy atom. The molecule has 1 aliphatic heterocycles. The molecule has 0 bridgehead atoms. The number of hydrogen-bond donors (Lipinski definition) is 0. The summed E-state index contributed by atoms with van der Waals surface area (Å²) in [5.41, 5.74) is 3.42. The van der Waals surface area contributed by atoms with Crippen LogP contribution < -0.4 is 4.90 Å². The van der Waals surface area contributed by atoms with E-state index in [2.05, 4.69) is 0 Å². The van der Waals surface area contributed by atoms with Crippen LogP contribution in [0.2, 0.25) is 0 Å². The molecule has 5 heteroatoms. The molecular weight excluding hydrogens is 342 g/mol. The summed E-state index contributed by atoms with van der Waals surface area (Å²) >= 11 is 0. The molecule has 0 N–H and O–H groups in total. The number of esters is 1. The highest BCUT2D eigenvalue weighted by Gasteiger charge is 2.37. The molecule has 0 aliphatic carbocycles. The lowest BCUT2D eigenvalue weighted by Gasteiger charge is -2.20. The molecule has 2 atom stereocenters. The first-order valence-corrected chi connectivity index (χ1v) is 9.04. The van der Waals surface area contributed by atoms with Gasteiger partial charge in [-0.15, -0.1) is 0 Å². The van der Waals surface area contributed by atoms with Gasteiger partial charge in [-0.25, -0.2) is 0 Å². The van der Waals surface area contributed by atoms with Crippen molar-refractivity contribution in [3.63, 3.8) is 0 Å². The minimum atomic E-state index is -0.884. The lowest BCUT2D eigenvalue weighted by Crippen LogP contribution is -2.30. The third kappa shape index (κ3) is 4.08. The number of ketones is 1. The summed E-state index contributed by atoms with van der Waals surface area (Å²) in [6.45, 7) is 5.77. The standard InChI is InChI=1S/C22H23NO4/c1-14-9-10-19(15(2)11-14)23-13-18(12-20(23)24)22(26)27-16(3)21(25)17-7-5-4-6-8-17/h4-11,16,18H,12-13H2,1-3H3/t16-,18-/m1/s1. The van der Waals surface area contributed by atoms with Gasteiger partial charge in [0.25, 0.3) is 0 Å². The largest absolute Gasteiger partial charge is 0.454 e. The third-order valence-electron chi connectivity index (χ3n) is 4.82. The van der Waals surface area contributed by atoms with Crippen LogP contribution in [0.15, 0.2) is 48.5 Å². The predicted octanol–water partition coefficient (Wildman–Crippen LogP) is 3.47. The molecule has 1 fully saturated rings. The van der Waals surface area contributed by atoms with Crippen LogP contribution in [0.25, 0.3) is 0 Å². The van der Waals surface area contributed by atoms with Crippen LogP contribution in [-0.4, -0.2) is 30.3 Å². The smallest absolute Gasteiger partial charge is 0.312 e. The first-order valence-electron chi connectivity index (χ1n) is 9.04. The number of rotatable bonds is 5. The third-order valence-corrected chi connectivity index (χ3v) is 4.82. The number of nitrogens with zero attached hydrogens (tertiary/aromatic N) is 1. The summed E-state index contributed by atoms with van der Waals surface area (Å²) in [5.74, 6) is -1.43. The fourth-order valence-electron chi connectivity index (χ4n) is 3.37. The van der Waals surface area contributed by atoms with Crippen LogP contribution in [0.1, 0.15) is 34.8 Å². The van der Waals surface area contributed by atoms with Gasteiger partial charge in [0.1, 0.15) is 0 Å². The molecule has 0 saturated carbocycles. The number of carbonyl (C=O) groups excluding carboxylic acids is 3. The van der Waals surface area contributed by atoms with Crippen LogP contribution in [0.4, 0.5) is 5.69 Å². The number of carbonyl (C=O) groups is 3. The van der Waals surface area contributed by atoms with E-state index in [4.69, 9.17) is 4.74 Å². The maximum Gasteiger partial charge on any atom is 0.312 e. The minimum absolute atomic E-state index is 0.0956. The van der Waals surface area contributed by atoms with E-state index in [1.807, 2.05) is 38.1 Å². The SMILES string of the molecule is Cc1ccc(N2C[C@H](C(=O)O[C@H](C)C(=O)c3ccccc3)CC2=O)c(C)c1. The minimum Gasteiger partial charge on any atom is -0.454 e. The van der Waals surface area contributed by atoms with Crippen molar-refractivity contribution in [3.8, 4) is 0 Å². The lowest BCUT2D eigenvalue weighted by atomic mass is 10.1. The number of Topliss-reactive ketones (excluding diaryl/α,β-unsaturated/α-hetero) is 1. The highest BCUT2D eigenvalue weighted by Crippen LogP contribution is 2.29. The van der Waals surface area contributed by atoms with Gasteiger partial charge in [-0.3, -0.25) is 14.4 Å². The summed E-state index contributed by atoms with van der Waals surface area (Å²) in [6.07, 6.45) is -0.788. The van der Waals surface area contributed by atoms with Gasteiger partial charge in [0.2, 0.25) is 11.7 Å². The monoisotopic (exact) mass is 365 g/mol. The summed E-state index contributed by atoms with van der Waals surface area (Å²) in [6, 6.07) is 14.6. The number of benzene rings is 2. The lowest BCUT2D eigenvalue weighted by molar-refractivity contribution is -0.151. The maximum atomic E-state index is 12.5. The zero-order chi connectivity index (χ0) is 19.6. The molecule has 3 rings (SSSR count). The fraction of sp³-hybridized carbons (Fsp3) is 0.318. The summed E-state index contributed by atoms with van der Waals surface area (Å²) in [7, 11) is 0. The predicted molar refractivity (Wildman–Crippen MR) is 103 cm³/mol. The molecule has 1 amide bonds. The second-order valence-corrected chi connectivity index (χ2v) is 7.00. The molecule has 0 unspecified atom stereocenters. The molecule has 0 radical (unpaired) electrons.